The van der Waals surface area contributed by atoms with Gasteiger partial charge in [0.25, 0.3) is 0 Å². The molecule has 21 heavy (non-hydrogen) atoms. The van der Waals surface area contributed by atoms with Gasteiger partial charge in [-0.25, -0.2) is 4.39 Å². The van der Waals surface area contributed by atoms with Crippen molar-refractivity contribution in [2.45, 2.75) is 19.4 Å². The first-order valence-electron chi connectivity index (χ1n) is 7.08. The highest BCUT2D eigenvalue weighted by Crippen LogP contribution is 2.27. The molecule has 108 valence electrons. The topological polar surface area (TPSA) is 25.2 Å². The molecule has 3 heteroatoms. The summed E-state index contributed by atoms with van der Waals surface area (Å²) in [5.74, 6) is 0.446. The van der Waals surface area contributed by atoms with E-state index in [4.69, 9.17) is 4.42 Å². The molecule has 0 radical (unpaired) electrons. The molecular weight excluding hydrogens is 265 g/mol. The molecule has 2 aromatic carbocycles. The summed E-state index contributed by atoms with van der Waals surface area (Å²) in [6.07, 6.45) is 0.804. The second kappa shape index (κ2) is 5.70. The van der Waals surface area contributed by atoms with Crippen LogP contribution >= 0.6 is 0 Å². The van der Waals surface area contributed by atoms with Crippen LogP contribution in [0.15, 0.2) is 52.9 Å². The fourth-order valence-corrected chi connectivity index (χ4v) is 2.52. The monoisotopic (exact) mass is 283 g/mol. The largest absolute Gasteiger partial charge is 0.456 e. The lowest BCUT2D eigenvalue weighted by Gasteiger charge is -2.13. The number of fused-ring (bicyclic) bond motifs is 1. The van der Waals surface area contributed by atoms with Gasteiger partial charge in [-0.1, -0.05) is 42.0 Å². The maximum Gasteiger partial charge on any atom is 0.169 e. The van der Waals surface area contributed by atoms with Gasteiger partial charge in [0.15, 0.2) is 11.4 Å². The van der Waals surface area contributed by atoms with Crippen LogP contribution in [0, 0.1) is 12.7 Å². The van der Waals surface area contributed by atoms with Gasteiger partial charge in [0.2, 0.25) is 0 Å². The van der Waals surface area contributed by atoms with E-state index in [-0.39, 0.29) is 11.9 Å². The number of rotatable bonds is 4. The summed E-state index contributed by atoms with van der Waals surface area (Å²) in [7, 11) is 1.89. The zero-order valence-corrected chi connectivity index (χ0v) is 12.2. The maximum absolute atomic E-state index is 13.7. The average molecular weight is 283 g/mol. The summed E-state index contributed by atoms with van der Waals surface area (Å²) < 4.78 is 19.4. The van der Waals surface area contributed by atoms with Gasteiger partial charge in [-0.05, 0) is 38.1 Å². The normalized spacial score (nSPS) is 12.7. The Morgan fingerprint density at radius 3 is 2.57 bits per heavy atom. The van der Waals surface area contributed by atoms with Crippen molar-refractivity contribution in [1.29, 1.82) is 0 Å². The third kappa shape index (κ3) is 2.83. The molecule has 0 bridgehead atoms. The number of hydrogen-bond acceptors (Lipinski definition) is 2. The third-order valence-electron chi connectivity index (χ3n) is 3.77. The predicted octanol–water partition coefficient (Wildman–Crippen LogP) is 4.38. The Morgan fingerprint density at radius 1 is 1.14 bits per heavy atom. The van der Waals surface area contributed by atoms with Crippen molar-refractivity contribution in [1.82, 2.24) is 5.32 Å². The van der Waals surface area contributed by atoms with Gasteiger partial charge in [-0.2, -0.15) is 0 Å². The highest BCUT2D eigenvalue weighted by Gasteiger charge is 2.16. The summed E-state index contributed by atoms with van der Waals surface area (Å²) in [6, 6.07) is 15.3. The van der Waals surface area contributed by atoms with Crippen molar-refractivity contribution in [2.75, 3.05) is 7.05 Å². The molecule has 0 aliphatic heterocycles. The number of para-hydroxylation sites is 1. The summed E-state index contributed by atoms with van der Waals surface area (Å²) in [5.41, 5.74) is 2.79. The molecule has 1 aromatic heterocycles. The molecule has 0 saturated heterocycles. The van der Waals surface area contributed by atoms with Crippen LogP contribution in [0.25, 0.3) is 11.0 Å². The van der Waals surface area contributed by atoms with Gasteiger partial charge in [0.05, 0.1) is 6.04 Å². The van der Waals surface area contributed by atoms with Crippen molar-refractivity contribution in [3.8, 4) is 0 Å². The number of halogens is 1. The Bertz CT molecular complexity index is 746. The molecule has 0 spiro atoms. The maximum atomic E-state index is 13.7. The summed E-state index contributed by atoms with van der Waals surface area (Å²) in [4.78, 5) is 0. The van der Waals surface area contributed by atoms with Crippen molar-refractivity contribution >= 4 is 11.0 Å². The number of likely N-dealkylation sites (N-methyl/N-ethyl adjacent to an activating group) is 1. The zero-order valence-electron chi connectivity index (χ0n) is 12.2. The standard InChI is InChI=1S/C18H18FNO/c1-12-6-8-13(9-7-12)10-16(20-2)17-11-14-4-3-5-15(19)18(14)21-17/h3-9,11,16,20H,10H2,1-2H3. The molecule has 0 fully saturated rings. The van der Waals surface area contributed by atoms with Crippen LogP contribution in [-0.4, -0.2) is 7.05 Å². The van der Waals surface area contributed by atoms with Crippen LogP contribution in [0.5, 0.6) is 0 Å². The van der Waals surface area contributed by atoms with Crippen molar-refractivity contribution < 1.29 is 8.81 Å². The van der Waals surface area contributed by atoms with Gasteiger partial charge in [-0.15, -0.1) is 0 Å². The van der Waals surface area contributed by atoms with E-state index in [1.165, 1.54) is 17.2 Å². The molecule has 1 unspecified atom stereocenters. The second-order valence-corrected chi connectivity index (χ2v) is 5.34. The number of furan rings is 1. The Labute approximate surface area is 123 Å². The summed E-state index contributed by atoms with van der Waals surface area (Å²) in [6.45, 7) is 2.07. The lowest BCUT2D eigenvalue weighted by molar-refractivity contribution is 0.442. The average Bonchev–Trinajstić information content (AvgIpc) is 2.92. The molecule has 3 aromatic rings. The highest BCUT2D eigenvalue weighted by molar-refractivity contribution is 5.78. The highest BCUT2D eigenvalue weighted by atomic mass is 19.1. The first kappa shape index (κ1) is 13.8. The minimum atomic E-state index is -0.316. The Kier molecular flexibility index (Phi) is 3.76. The second-order valence-electron chi connectivity index (χ2n) is 5.34. The lowest BCUT2D eigenvalue weighted by atomic mass is 10.0. The Balaban J connectivity index is 1.90. The third-order valence-corrected chi connectivity index (χ3v) is 3.77. The van der Waals surface area contributed by atoms with E-state index in [0.29, 0.717) is 5.58 Å². The molecule has 3 rings (SSSR count). The first-order valence-corrected chi connectivity index (χ1v) is 7.08. The van der Waals surface area contributed by atoms with Gasteiger partial charge in [0.1, 0.15) is 5.76 Å². The van der Waals surface area contributed by atoms with E-state index in [1.807, 2.05) is 19.2 Å². The molecule has 0 aliphatic carbocycles. The van der Waals surface area contributed by atoms with E-state index in [1.54, 1.807) is 6.07 Å². The predicted molar refractivity (Wildman–Crippen MR) is 82.9 cm³/mol. The molecule has 1 atom stereocenters. The van der Waals surface area contributed by atoms with E-state index in [2.05, 4.69) is 36.5 Å². The minimum Gasteiger partial charge on any atom is -0.456 e. The molecule has 2 nitrogen and oxygen atoms in total. The Hall–Kier alpha value is -2.13. The quantitative estimate of drug-likeness (QED) is 0.768. The van der Waals surface area contributed by atoms with Crippen LogP contribution in [0.1, 0.15) is 22.9 Å². The zero-order chi connectivity index (χ0) is 14.8. The number of nitrogens with one attached hydrogen (secondary N) is 1. The van der Waals surface area contributed by atoms with Crippen LogP contribution in [-0.2, 0) is 6.42 Å². The van der Waals surface area contributed by atoms with E-state index in [0.717, 1.165) is 17.6 Å². The molecule has 0 aliphatic rings. The summed E-state index contributed by atoms with van der Waals surface area (Å²) >= 11 is 0. The van der Waals surface area contributed by atoms with Crippen LogP contribution in [0.3, 0.4) is 0 Å². The molecular formula is C18H18FNO. The van der Waals surface area contributed by atoms with Gasteiger partial charge < -0.3 is 9.73 Å². The van der Waals surface area contributed by atoms with Crippen molar-refractivity contribution in [3.05, 3.63) is 71.2 Å². The fourth-order valence-electron chi connectivity index (χ4n) is 2.52. The lowest BCUT2D eigenvalue weighted by Crippen LogP contribution is -2.18. The number of hydrogen-bond donors (Lipinski definition) is 1. The van der Waals surface area contributed by atoms with Gasteiger partial charge >= 0.3 is 0 Å². The fraction of sp³-hybridized carbons (Fsp3) is 0.222. The van der Waals surface area contributed by atoms with Crippen LogP contribution < -0.4 is 5.32 Å². The van der Waals surface area contributed by atoms with E-state index >= 15 is 0 Å². The smallest absolute Gasteiger partial charge is 0.169 e. The molecule has 1 heterocycles. The first-order chi connectivity index (χ1) is 10.2. The van der Waals surface area contributed by atoms with Crippen molar-refractivity contribution in [3.63, 3.8) is 0 Å². The summed E-state index contributed by atoms with van der Waals surface area (Å²) in [5, 5.41) is 4.05. The Morgan fingerprint density at radius 2 is 1.90 bits per heavy atom. The molecule has 0 amide bonds. The SMILES string of the molecule is CNC(Cc1ccc(C)cc1)c1cc2cccc(F)c2o1. The number of aryl methyl sites for hydroxylation is 1. The molecule has 1 N–H and O–H groups in total. The van der Waals surface area contributed by atoms with E-state index in [9.17, 15) is 4.39 Å². The van der Waals surface area contributed by atoms with Gasteiger partial charge in [-0.3, -0.25) is 0 Å². The number of benzene rings is 2. The minimum absolute atomic E-state index is 0.0273. The van der Waals surface area contributed by atoms with Crippen LogP contribution in [0.4, 0.5) is 4.39 Å². The van der Waals surface area contributed by atoms with Crippen molar-refractivity contribution in [2.24, 2.45) is 0 Å². The van der Waals surface area contributed by atoms with E-state index < -0.39 is 0 Å². The van der Waals surface area contributed by atoms with Crippen LogP contribution in [0.2, 0.25) is 0 Å². The van der Waals surface area contributed by atoms with Gasteiger partial charge in [0, 0.05) is 5.39 Å². The molecule has 0 saturated carbocycles.